The van der Waals surface area contributed by atoms with E-state index in [-0.39, 0.29) is 4.90 Å². The molecule has 5 nitrogen and oxygen atoms in total. The van der Waals surface area contributed by atoms with Gasteiger partial charge in [-0.15, -0.1) is 0 Å². The normalized spacial score (nSPS) is 11.9. The summed E-state index contributed by atoms with van der Waals surface area (Å²) >= 11 is 0. The van der Waals surface area contributed by atoms with Gasteiger partial charge in [0.1, 0.15) is 0 Å². The lowest BCUT2D eigenvalue weighted by atomic mass is 10.0. The summed E-state index contributed by atoms with van der Waals surface area (Å²) in [6.07, 6.45) is 5.02. The summed E-state index contributed by atoms with van der Waals surface area (Å²) in [4.78, 5) is 8.96. The van der Waals surface area contributed by atoms with Crippen molar-refractivity contribution in [1.29, 1.82) is 0 Å². The Morgan fingerprint density at radius 3 is 2.45 bits per heavy atom. The number of nitrogens with zero attached hydrogens (tertiary/aromatic N) is 3. The standard InChI is InChI=1S/C23H17N3O2S/c1-16-6-9-19(10-7-16)29(27,28)26-15-21(20-5-3-13-25-23(20)26)17-8-11-22-18(14-17)4-2-12-24-22/h2-15H,1H3. The summed E-state index contributed by atoms with van der Waals surface area (Å²) in [7, 11) is -3.77. The van der Waals surface area contributed by atoms with Crippen LogP contribution in [-0.4, -0.2) is 22.4 Å². The van der Waals surface area contributed by atoms with E-state index in [1.165, 1.54) is 3.97 Å². The maximum atomic E-state index is 13.3. The molecule has 0 amide bonds. The largest absolute Gasteiger partial charge is 0.269 e. The molecule has 3 heterocycles. The van der Waals surface area contributed by atoms with Crippen LogP contribution in [0.2, 0.25) is 0 Å². The van der Waals surface area contributed by atoms with Crippen molar-refractivity contribution >= 4 is 32.0 Å². The molecule has 0 unspecified atom stereocenters. The fourth-order valence-electron chi connectivity index (χ4n) is 3.51. The fourth-order valence-corrected chi connectivity index (χ4v) is 4.84. The first-order valence-electron chi connectivity index (χ1n) is 9.17. The summed E-state index contributed by atoms with van der Waals surface area (Å²) in [5.41, 5.74) is 4.04. The zero-order valence-electron chi connectivity index (χ0n) is 15.6. The molecule has 0 aliphatic heterocycles. The van der Waals surface area contributed by atoms with E-state index < -0.39 is 10.0 Å². The quantitative estimate of drug-likeness (QED) is 0.437. The second-order valence-electron chi connectivity index (χ2n) is 6.94. The molecule has 3 aromatic heterocycles. The number of benzene rings is 2. The highest BCUT2D eigenvalue weighted by molar-refractivity contribution is 7.90. The van der Waals surface area contributed by atoms with Gasteiger partial charge in [0, 0.05) is 34.9 Å². The van der Waals surface area contributed by atoms with Gasteiger partial charge in [0.25, 0.3) is 10.0 Å². The van der Waals surface area contributed by atoms with E-state index in [1.54, 1.807) is 42.9 Å². The lowest BCUT2D eigenvalue weighted by Gasteiger charge is -2.07. The number of hydrogen-bond acceptors (Lipinski definition) is 4. The van der Waals surface area contributed by atoms with Crippen molar-refractivity contribution in [1.82, 2.24) is 13.9 Å². The fraction of sp³-hybridized carbons (Fsp3) is 0.0435. The SMILES string of the molecule is Cc1ccc(S(=O)(=O)n2cc(-c3ccc4ncccc4c3)c3cccnc32)cc1. The molecule has 0 radical (unpaired) electrons. The first kappa shape index (κ1) is 17.6. The highest BCUT2D eigenvalue weighted by Crippen LogP contribution is 2.33. The highest BCUT2D eigenvalue weighted by Gasteiger charge is 2.22. The minimum absolute atomic E-state index is 0.236. The average Bonchev–Trinajstić information content (AvgIpc) is 3.14. The molecule has 0 aliphatic carbocycles. The molecule has 0 atom stereocenters. The molecule has 0 bridgehead atoms. The van der Waals surface area contributed by atoms with E-state index in [4.69, 9.17) is 0 Å². The molecule has 142 valence electrons. The smallest absolute Gasteiger partial charge is 0.256 e. The predicted molar refractivity (Wildman–Crippen MR) is 114 cm³/mol. The average molecular weight is 399 g/mol. The molecule has 5 rings (SSSR count). The van der Waals surface area contributed by atoms with Gasteiger partial charge in [0.2, 0.25) is 0 Å². The summed E-state index contributed by atoms with van der Waals surface area (Å²) < 4.78 is 27.9. The zero-order valence-corrected chi connectivity index (χ0v) is 16.5. The van der Waals surface area contributed by atoms with Crippen molar-refractivity contribution < 1.29 is 8.42 Å². The lowest BCUT2D eigenvalue weighted by Crippen LogP contribution is -2.12. The van der Waals surface area contributed by atoms with Crippen molar-refractivity contribution in [3.05, 3.63) is 90.9 Å². The Kier molecular flexibility index (Phi) is 3.96. The first-order chi connectivity index (χ1) is 14.0. The molecule has 0 saturated carbocycles. The van der Waals surface area contributed by atoms with E-state index in [2.05, 4.69) is 9.97 Å². The van der Waals surface area contributed by atoms with E-state index in [0.29, 0.717) is 5.65 Å². The summed E-state index contributed by atoms with van der Waals surface area (Å²) in [6, 6.07) is 20.4. The Balaban J connectivity index is 1.75. The number of pyridine rings is 2. The Morgan fingerprint density at radius 2 is 1.62 bits per heavy atom. The number of aromatic nitrogens is 3. The first-order valence-corrected chi connectivity index (χ1v) is 10.6. The number of fused-ring (bicyclic) bond motifs is 2. The highest BCUT2D eigenvalue weighted by atomic mass is 32.2. The molecule has 0 N–H and O–H groups in total. The minimum Gasteiger partial charge on any atom is -0.256 e. The van der Waals surface area contributed by atoms with Crippen LogP contribution in [0, 0.1) is 6.92 Å². The Labute approximate surface area is 168 Å². The molecule has 0 fully saturated rings. The second-order valence-corrected chi connectivity index (χ2v) is 8.76. The van der Waals surface area contributed by atoms with E-state index >= 15 is 0 Å². The minimum atomic E-state index is -3.77. The van der Waals surface area contributed by atoms with Gasteiger partial charge in [-0.3, -0.25) is 4.98 Å². The monoisotopic (exact) mass is 399 g/mol. The molecule has 0 saturated heterocycles. The Morgan fingerprint density at radius 1 is 0.862 bits per heavy atom. The van der Waals surface area contributed by atoms with Gasteiger partial charge in [-0.2, -0.15) is 0 Å². The number of aryl methyl sites for hydroxylation is 1. The van der Waals surface area contributed by atoms with Crippen LogP contribution in [0.25, 0.3) is 33.1 Å². The summed E-state index contributed by atoms with van der Waals surface area (Å²) in [5, 5.41) is 1.78. The van der Waals surface area contributed by atoms with Crippen LogP contribution in [-0.2, 0) is 10.0 Å². The van der Waals surface area contributed by atoms with Crippen molar-refractivity contribution in [2.24, 2.45) is 0 Å². The number of rotatable bonds is 3. The van der Waals surface area contributed by atoms with Crippen LogP contribution in [0.1, 0.15) is 5.56 Å². The van der Waals surface area contributed by atoms with E-state index in [0.717, 1.165) is 33.0 Å². The third kappa shape index (κ3) is 2.89. The summed E-state index contributed by atoms with van der Waals surface area (Å²) in [6.45, 7) is 1.93. The third-order valence-corrected chi connectivity index (χ3v) is 6.69. The van der Waals surface area contributed by atoms with Crippen LogP contribution >= 0.6 is 0 Å². The van der Waals surface area contributed by atoms with Crippen molar-refractivity contribution in [3.63, 3.8) is 0 Å². The second kappa shape index (κ2) is 6.53. The molecular formula is C23H17N3O2S. The van der Waals surface area contributed by atoms with Crippen LogP contribution in [0.4, 0.5) is 0 Å². The van der Waals surface area contributed by atoms with Crippen LogP contribution in [0.15, 0.2) is 90.2 Å². The number of hydrogen-bond donors (Lipinski definition) is 0. The molecule has 2 aromatic carbocycles. The van der Waals surface area contributed by atoms with E-state index in [1.807, 2.05) is 49.4 Å². The van der Waals surface area contributed by atoms with E-state index in [9.17, 15) is 8.42 Å². The van der Waals surface area contributed by atoms with Crippen molar-refractivity contribution in [2.75, 3.05) is 0 Å². The zero-order chi connectivity index (χ0) is 20.0. The summed E-state index contributed by atoms with van der Waals surface area (Å²) in [5.74, 6) is 0. The molecule has 5 aromatic rings. The van der Waals surface area contributed by atoms with Crippen LogP contribution in [0.3, 0.4) is 0 Å². The Bertz CT molecular complexity index is 1470. The van der Waals surface area contributed by atoms with Gasteiger partial charge in [-0.1, -0.05) is 29.8 Å². The molecule has 0 aliphatic rings. The maximum absolute atomic E-state index is 13.3. The van der Waals surface area contributed by atoms with Gasteiger partial charge in [0.15, 0.2) is 5.65 Å². The molecular weight excluding hydrogens is 382 g/mol. The third-order valence-electron chi connectivity index (χ3n) is 5.02. The van der Waals surface area contributed by atoms with Gasteiger partial charge in [-0.05, 0) is 55.0 Å². The topological polar surface area (TPSA) is 64.8 Å². The maximum Gasteiger partial charge on any atom is 0.269 e. The van der Waals surface area contributed by atoms with Crippen molar-refractivity contribution in [3.8, 4) is 11.1 Å². The van der Waals surface area contributed by atoms with Gasteiger partial charge >= 0.3 is 0 Å². The van der Waals surface area contributed by atoms with Crippen molar-refractivity contribution in [2.45, 2.75) is 11.8 Å². The van der Waals surface area contributed by atoms with Gasteiger partial charge in [-0.25, -0.2) is 17.4 Å². The lowest BCUT2D eigenvalue weighted by molar-refractivity contribution is 0.589. The predicted octanol–water partition coefficient (Wildman–Crippen LogP) is 4.80. The molecule has 6 heteroatoms. The molecule has 0 spiro atoms. The van der Waals surface area contributed by atoms with Gasteiger partial charge in [0.05, 0.1) is 10.4 Å². The van der Waals surface area contributed by atoms with Crippen LogP contribution in [0.5, 0.6) is 0 Å². The van der Waals surface area contributed by atoms with Crippen LogP contribution < -0.4 is 0 Å². The Hall–Kier alpha value is -3.51. The molecule has 29 heavy (non-hydrogen) atoms. The van der Waals surface area contributed by atoms with Gasteiger partial charge < -0.3 is 0 Å².